The summed E-state index contributed by atoms with van der Waals surface area (Å²) in [7, 11) is 0. The van der Waals surface area contributed by atoms with Gasteiger partial charge in [0.05, 0.1) is 28.5 Å². The fourth-order valence-electron chi connectivity index (χ4n) is 2.49. The number of hydrogen-bond acceptors (Lipinski definition) is 4. The molecule has 0 saturated carbocycles. The number of benzene rings is 1. The van der Waals surface area contributed by atoms with Crippen LogP contribution in [0.3, 0.4) is 0 Å². The first-order valence-electron chi connectivity index (χ1n) is 7.10. The van der Waals surface area contributed by atoms with Gasteiger partial charge >= 0.3 is 0 Å². The molecule has 0 amide bonds. The zero-order chi connectivity index (χ0) is 14.6. The van der Waals surface area contributed by atoms with Gasteiger partial charge in [0.25, 0.3) is 0 Å². The second kappa shape index (κ2) is 6.29. The van der Waals surface area contributed by atoms with Crippen molar-refractivity contribution in [1.29, 1.82) is 0 Å². The summed E-state index contributed by atoms with van der Waals surface area (Å²) in [6.07, 6.45) is 2.57. The van der Waals surface area contributed by atoms with E-state index in [9.17, 15) is 5.11 Å². The van der Waals surface area contributed by atoms with Gasteiger partial charge in [0.1, 0.15) is 0 Å². The molecular weight excluding hydrogens is 250 g/mol. The number of hydrogen-bond donors (Lipinski definition) is 2. The monoisotopic (exact) mass is 273 g/mol. The molecule has 1 atom stereocenters. The van der Waals surface area contributed by atoms with Gasteiger partial charge in [-0.3, -0.25) is 4.98 Å². The van der Waals surface area contributed by atoms with E-state index in [2.05, 4.69) is 29.1 Å². The lowest BCUT2D eigenvalue weighted by molar-refractivity contribution is 0.0382. The summed E-state index contributed by atoms with van der Waals surface area (Å²) >= 11 is 0. The molecule has 0 fully saturated rings. The maximum Gasteiger partial charge on any atom is 0.0890 e. The first-order valence-corrected chi connectivity index (χ1v) is 7.10. The van der Waals surface area contributed by atoms with E-state index in [1.54, 1.807) is 6.20 Å². The van der Waals surface area contributed by atoms with Gasteiger partial charge in [-0.2, -0.15) is 0 Å². The number of para-hydroxylation sites is 2. The molecule has 1 aromatic carbocycles. The third-order valence-electron chi connectivity index (χ3n) is 3.16. The van der Waals surface area contributed by atoms with E-state index in [1.807, 2.05) is 31.2 Å². The molecule has 0 aliphatic heterocycles. The van der Waals surface area contributed by atoms with Crippen molar-refractivity contribution in [1.82, 2.24) is 15.3 Å². The smallest absolute Gasteiger partial charge is 0.0890 e. The Morgan fingerprint density at radius 2 is 1.95 bits per heavy atom. The molecule has 0 saturated heterocycles. The number of fused-ring (bicyclic) bond motifs is 1. The molecule has 2 N–H and O–H groups in total. The maximum absolute atomic E-state index is 10.2. The minimum atomic E-state index is -0.682. The SMILES string of the molecule is CC(C)CC(C)(O)CNCc1cnc2ccccc2n1. The highest BCUT2D eigenvalue weighted by Gasteiger charge is 2.21. The molecule has 0 aliphatic rings. The van der Waals surface area contributed by atoms with Crippen LogP contribution >= 0.6 is 0 Å². The summed E-state index contributed by atoms with van der Waals surface area (Å²) in [5.74, 6) is 0.479. The fourth-order valence-corrected chi connectivity index (χ4v) is 2.49. The van der Waals surface area contributed by atoms with Crippen LogP contribution in [0.4, 0.5) is 0 Å². The van der Waals surface area contributed by atoms with Crippen molar-refractivity contribution < 1.29 is 5.11 Å². The second-order valence-corrected chi connectivity index (χ2v) is 6.05. The molecule has 0 spiro atoms. The Hall–Kier alpha value is -1.52. The van der Waals surface area contributed by atoms with Crippen LogP contribution in [-0.4, -0.2) is 27.2 Å². The molecule has 20 heavy (non-hydrogen) atoms. The van der Waals surface area contributed by atoms with Crippen LogP contribution in [0.15, 0.2) is 30.5 Å². The van der Waals surface area contributed by atoms with Gasteiger partial charge in [-0.25, -0.2) is 4.98 Å². The van der Waals surface area contributed by atoms with Gasteiger partial charge in [0, 0.05) is 13.1 Å². The first-order chi connectivity index (χ1) is 9.46. The molecule has 1 aromatic heterocycles. The highest BCUT2D eigenvalue weighted by Crippen LogP contribution is 2.15. The van der Waals surface area contributed by atoms with Crippen LogP contribution in [-0.2, 0) is 6.54 Å². The van der Waals surface area contributed by atoms with Crippen molar-refractivity contribution in [3.63, 3.8) is 0 Å². The summed E-state index contributed by atoms with van der Waals surface area (Å²) in [6.45, 7) is 7.27. The number of rotatable bonds is 6. The number of aliphatic hydroxyl groups is 1. The van der Waals surface area contributed by atoms with Crippen LogP contribution in [0.5, 0.6) is 0 Å². The molecule has 0 bridgehead atoms. The standard InChI is InChI=1S/C16H23N3O/c1-12(2)8-16(3,20)11-17-9-13-10-18-14-6-4-5-7-15(14)19-13/h4-7,10,12,17,20H,8-9,11H2,1-3H3. The Morgan fingerprint density at radius 1 is 1.25 bits per heavy atom. The highest BCUT2D eigenvalue weighted by molar-refractivity contribution is 5.73. The summed E-state index contributed by atoms with van der Waals surface area (Å²) in [4.78, 5) is 8.93. The second-order valence-electron chi connectivity index (χ2n) is 6.05. The van der Waals surface area contributed by atoms with E-state index in [-0.39, 0.29) is 0 Å². The summed E-state index contributed by atoms with van der Waals surface area (Å²) < 4.78 is 0. The Bertz CT molecular complexity index is 566. The molecule has 4 heteroatoms. The zero-order valence-corrected chi connectivity index (χ0v) is 12.4. The normalized spacial score (nSPS) is 14.7. The van der Waals surface area contributed by atoms with E-state index in [0.29, 0.717) is 19.0 Å². The van der Waals surface area contributed by atoms with Crippen LogP contribution in [0, 0.1) is 5.92 Å². The van der Waals surface area contributed by atoms with Gasteiger partial charge in [-0.15, -0.1) is 0 Å². The molecule has 2 rings (SSSR count). The zero-order valence-electron chi connectivity index (χ0n) is 12.4. The van der Waals surface area contributed by atoms with E-state index < -0.39 is 5.60 Å². The summed E-state index contributed by atoms with van der Waals surface area (Å²) in [6, 6.07) is 7.83. The van der Waals surface area contributed by atoms with Crippen molar-refractivity contribution in [3.05, 3.63) is 36.2 Å². The maximum atomic E-state index is 10.2. The predicted octanol–water partition coefficient (Wildman–Crippen LogP) is 2.52. The third kappa shape index (κ3) is 4.25. The van der Waals surface area contributed by atoms with Gasteiger partial charge in [-0.1, -0.05) is 26.0 Å². The van der Waals surface area contributed by atoms with Crippen molar-refractivity contribution in [2.45, 2.75) is 39.3 Å². The van der Waals surface area contributed by atoms with Crippen LogP contribution in [0.2, 0.25) is 0 Å². The highest BCUT2D eigenvalue weighted by atomic mass is 16.3. The van der Waals surface area contributed by atoms with E-state index >= 15 is 0 Å². The minimum Gasteiger partial charge on any atom is -0.389 e. The largest absolute Gasteiger partial charge is 0.389 e. The molecule has 108 valence electrons. The van der Waals surface area contributed by atoms with Crippen molar-refractivity contribution in [3.8, 4) is 0 Å². The minimum absolute atomic E-state index is 0.479. The number of nitrogens with zero attached hydrogens (tertiary/aromatic N) is 2. The summed E-state index contributed by atoms with van der Waals surface area (Å²) in [5.41, 5.74) is 2.02. The fraction of sp³-hybridized carbons (Fsp3) is 0.500. The predicted molar refractivity (Wildman–Crippen MR) is 81.3 cm³/mol. The quantitative estimate of drug-likeness (QED) is 0.849. The van der Waals surface area contributed by atoms with Crippen LogP contribution in [0.25, 0.3) is 11.0 Å². The van der Waals surface area contributed by atoms with E-state index in [4.69, 9.17) is 0 Å². The lowest BCUT2D eigenvalue weighted by atomic mass is 9.94. The van der Waals surface area contributed by atoms with Crippen molar-refractivity contribution in [2.75, 3.05) is 6.54 Å². The van der Waals surface area contributed by atoms with Crippen LogP contribution in [0.1, 0.15) is 32.9 Å². The molecule has 0 aliphatic carbocycles. The number of nitrogens with one attached hydrogen (secondary N) is 1. The van der Waals surface area contributed by atoms with Crippen molar-refractivity contribution >= 4 is 11.0 Å². The third-order valence-corrected chi connectivity index (χ3v) is 3.16. The van der Waals surface area contributed by atoms with Gasteiger partial charge < -0.3 is 10.4 Å². The molecule has 1 unspecified atom stereocenters. The van der Waals surface area contributed by atoms with E-state index in [1.165, 1.54) is 0 Å². The Morgan fingerprint density at radius 3 is 2.65 bits per heavy atom. The lowest BCUT2D eigenvalue weighted by Gasteiger charge is -2.25. The topological polar surface area (TPSA) is 58.0 Å². The molecule has 0 radical (unpaired) electrons. The average molecular weight is 273 g/mol. The molecule has 1 heterocycles. The van der Waals surface area contributed by atoms with Gasteiger partial charge in [0.15, 0.2) is 0 Å². The molecule has 2 aromatic rings. The number of aromatic nitrogens is 2. The van der Waals surface area contributed by atoms with Gasteiger partial charge in [0.2, 0.25) is 0 Å². The summed E-state index contributed by atoms with van der Waals surface area (Å²) in [5, 5.41) is 13.5. The van der Waals surface area contributed by atoms with Crippen molar-refractivity contribution in [2.24, 2.45) is 5.92 Å². The Kier molecular flexibility index (Phi) is 4.68. The molecule has 4 nitrogen and oxygen atoms in total. The van der Waals surface area contributed by atoms with E-state index in [0.717, 1.165) is 23.1 Å². The van der Waals surface area contributed by atoms with Crippen LogP contribution < -0.4 is 5.32 Å². The average Bonchev–Trinajstić information content (AvgIpc) is 2.37. The lowest BCUT2D eigenvalue weighted by Crippen LogP contribution is -2.38. The first kappa shape index (κ1) is 14.9. The van der Waals surface area contributed by atoms with Gasteiger partial charge in [-0.05, 0) is 31.4 Å². The Labute approximate surface area is 120 Å². The molecular formula is C16H23N3O. The Balaban J connectivity index is 1.92.